The molecule has 92 valence electrons. The molecule has 2 rings (SSSR count). The Bertz CT molecular complexity index is 593. The quantitative estimate of drug-likeness (QED) is 0.888. The molecule has 0 aliphatic rings. The van der Waals surface area contributed by atoms with Gasteiger partial charge < -0.3 is 0 Å². The number of rotatable bonds is 4. The van der Waals surface area contributed by atoms with Gasteiger partial charge in [-0.15, -0.1) is 11.3 Å². The molecule has 1 atom stereocenters. The average Bonchev–Trinajstić information content (AvgIpc) is 2.86. The SMILES string of the molecule is CC(NS(=O)(=O)c1ccc(Br)s1)c1ncn[nH]1. The molecular weight excluding hydrogens is 328 g/mol. The van der Waals surface area contributed by atoms with Gasteiger partial charge >= 0.3 is 0 Å². The fourth-order valence-corrected chi connectivity index (χ4v) is 4.45. The molecule has 2 N–H and O–H groups in total. The van der Waals surface area contributed by atoms with Gasteiger partial charge in [-0.25, -0.2) is 18.1 Å². The van der Waals surface area contributed by atoms with E-state index in [1.807, 2.05) is 0 Å². The van der Waals surface area contributed by atoms with Crippen molar-refractivity contribution in [3.63, 3.8) is 0 Å². The van der Waals surface area contributed by atoms with E-state index in [-0.39, 0.29) is 4.21 Å². The highest BCUT2D eigenvalue weighted by Gasteiger charge is 2.21. The number of aromatic nitrogens is 3. The molecule has 0 fully saturated rings. The van der Waals surface area contributed by atoms with Gasteiger partial charge in [0.2, 0.25) is 0 Å². The van der Waals surface area contributed by atoms with Crippen LogP contribution in [0, 0.1) is 0 Å². The smallest absolute Gasteiger partial charge is 0.250 e. The van der Waals surface area contributed by atoms with Crippen molar-refractivity contribution in [2.45, 2.75) is 17.2 Å². The highest BCUT2D eigenvalue weighted by atomic mass is 79.9. The van der Waals surface area contributed by atoms with E-state index in [1.165, 1.54) is 6.33 Å². The van der Waals surface area contributed by atoms with Crippen LogP contribution in [0.15, 0.2) is 26.5 Å². The minimum Gasteiger partial charge on any atom is -0.262 e. The summed E-state index contributed by atoms with van der Waals surface area (Å²) in [5.41, 5.74) is 0. The molecule has 1 unspecified atom stereocenters. The van der Waals surface area contributed by atoms with Crippen LogP contribution in [0.4, 0.5) is 0 Å². The van der Waals surface area contributed by atoms with Crippen LogP contribution in [0.1, 0.15) is 18.8 Å². The number of nitrogens with zero attached hydrogens (tertiary/aromatic N) is 2. The maximum absolute atomic E-state index is 12.0. The van der Waals surface area contributed by atoms with E-state index >= 15 is 0 Å². The maximum Gasteiger partial charge on any atom is 0.250 e. The predicted molar refractivity (Wildman–Crippen MR) is 67.1 cm³/mol. The van der Waals surface area contributed by atoms with Crippen molar-refractivity contribution in [2.75, 3.05) is 0 Å². The van der Waals surface area contributed by atoms with Crippen molar-refractivity contribution < 1.29 is 8.42 Å². The van der Waals surface area contributed by atoms with Gasteiger partial charge in [-0.3, -0.25) is 5.10 Å². The second-order valence-corrected chi connectivity index (χ2v) is 7.68. The molecule has 17 heavy (non-hydrogen) atoms. The topological polar surface area (TPSA) is 87.7 Å². The molecule has 0 spiro atoms. The number of hydrogen-bond acceptors (Lipinski definition) is 5. The Kier molecular flexibility index (Phi) is 3.61. The molecule has 0 saturated heterocycles. The molecule has 0 bridgehead atoms. The molecule has 2 heterocycles. The number of hydrogen-bond donors (Lipinski definition) is 2. The molecule has 9 heteroatoms. The number of aromatic amines is 1. The van der Waals surface area contributed by atoms with E-state index in [0.717, 1.165) is 15.1 Å². The van der Waals surface area contributed by atoms with Gasteiger partial charge in [0.25, 0.3) is 10.0 Å². The summed E-state index contributed by atoms with van der Waals surface area (Å²) in [4.78, 5) is 3.90. The van der Waals surface area contributed by atoms with E-state index in [4.69, 9.17) is 0 Å². The van der Waals surface area contributed by atoms with Gasteiger partial charge in [-0.2, -0.15) is 5.10 Å². The Morgan fingerprint density at radius 2 is 2.29 bits per heavy atom. The minimum atomic E-state index is -3.51. The summed E-state index contributed by atoms with van der Waals surface area (Å²) in [6, 6.07) is 2.78. The Hall–Kier alpha value is -0.770. The monoisotopic (exact) mass is 336 g/mol. The van der Waals surface area contributed by atoms with Crippen LogP contribution < -0.4 is 4.72 Å². The lowest BCUT2D eigenvalue weighted by molar-refractivity contribution is 0.562. The molecule has 2 aromatic heterocycles. The minimum absolute atomic E-state index is 0.260. The van der Waals surface area contributed by atoms with E-state index in [2.05, 4.69) is 35.8 Å². The lowest BCUT2D eigenvalue weighted by Gasteiger charge is -2.09. The summed E-state index contributed by atoms with van der Waals surface area (Å²) in [6.07, 6.45) is 1.34. The molecule has 0 aromatic carbocycles. The Morgan fingerprint density at radius 3 is 2.82 bits per heavy atom. The molecule has 6 nitrogen and oxygen atoms in total. The first-order chi connectivity index (χ1) is 7.99. The molecule has 0 radical (unpaired) electrons. The highest BCUT2D eigenvalue weighted by Crippen LogP contribution is 2.26. The molecule has 0 saturated carbocycles. The number of H-pyrrole nitrogens is 1. The third-order valence-electron chi connectivity index (χ3n) is 1.99. The van der Waals surface area contributed by atoms with Gasteiger partial charge in [-0.05, 0) is 35.0 Å². The number of sulfonamides is 1. The Morgan fingerprint density at radius 1 is 1.53 bits per heavy atom. The normalized spacial score (nSPS) is 13.8. The fraction of sp³-hybridized carbons (Fsp3) is 0.250. The van der Waals surface area contributed by atoms with Crippen molar-refractivity contribution in [3.05, 3.63) is 28.1 Å². The van der Waals surface area contributed by atoms with Crippen LogP contribution in [-0.2, 0) is 10.0 Å². The molecule has 0 amide bonds. The van der Waals surface area contributed by atoms with E-state index in [1.54, 1.807) is 19.1 Å². The summed E-state index contributed by atoms with van der Waals surface area (Å²) >= 11 is 4.38. The van der Waals surface area contributed by atoms with Crippen LogP contribution in [0.3, 0.4) is 0 Å². The van der Waals surface area contributed by atoms with Gasteiger partial charge in [0, 0.05) is 0 Å². The summed E-state index contributed by atoms with van der Waals surface area (Å²) in [6.45, 7) is 1.70. The maximum atomic E-state index is 12.0. The summed E-state index contributed by atoms with van der Waals surface area (Å²) in [5.74, 6) is 0.476. The number of halogens is 1. The number of nitrogens with one attached hydrogen (secondary N) is 2. The molecule has 2 aromatic rings. The van der Waals surface area contributed by atoms with E-state index < -0.39 is 16.1 Å². The predicted octanol–water partition coefficient (Wildman–Crippen LogP) is 1.67. The molecule has 0 aliphatic carbocycles. The third-order valence-corrected chi connectivity index (χ3v) is 5.65. The van der Waals surface area contributed by atoms with Gasteiger partial charge in [0.15, 0.2) is 0 Å². The van der Waals surface area contributed by atoms with Crippen molar-refractivity contribution in [1.82, 2.24) is 19.9 Å². The molecular formula is C8H9BrN4O2S2. The van der Waals surface area contributed by atoms with Crippen molar-refractivity contribution in [2.24, 2.45) is 0 Å². The summed E-state index contributed by atoms with van der Waals surface area (Å²) < 4.78 is 27.5. The van der Waals surface area contributed by atoms with Crippen molar-refractivity contribution >= 4 is 37.3 Å². The first kappa shape index (κ1) is 12.7. The Labute approximate surface area is 111 Å². The van der Waals surface area contributed by atoms with E-state index in [9.17, 15) is 8.42 Å². The van der Waals surface area contributed by atoms with Gasteiger partial charge in [0.1, 0.15) is 16.4 Å². The standard InChI is InChI=1S/C8H9BrN4O2S2/c1-5(8-10-4-11-12-8)13-17(14,15)7-3-2-6(9)16-7/h2-5,13H,1H3,(H,10,11,12). The van der Waals surface area contributed by atoms with Crippen molar-refractivity contribution in [3.8, 4) is 0 Å². The van der Waals surface area contributed by atoms with Crippen LogP contribution in [0.5, 0.6) is 0 Å². The highest BCUT2D eigenvalue weighted by molar-refractivity contribution is 9.11. The lowest BCUT2D eigenvalue weighted by atomic mass is 10.3. The van der Waals surface area contributed by atoms with Crippen molar-refractivity contribution in [1.29, 1.82) is 0 Å². The average molecular weight is 337 g/mol. The second kappa shape index (κ2) is 4.84. The zero-order valence-electron chi connectivity index (χ0n) is 8.71. The zero-order chi connectivity index (χ0) is 12.5. The molecule has 0 aliphatic heterocycles. The van der Waals surface area contributed by atoms with Crippen LogP contribution in [0.2, 0.25) is 0 Å². The first-order valence-corrected chi connectivity index (χ1v) is 7.71. The number of thiophene rings is 1. The zero-order valence-corrected chi connectivity index (χ0v) is 11.9. The third kappa shape index (κ3) is 2.92. The Balaban J connectivity index is 2.18. The van der Waals surface area contributed by atoms with Crippen LogP contribution >= 0.6 is 27.3 Å². The summed E-state index contributed by atoms with van der Waals surface area (Å²) in [7, 11) is -3.51. The summed E-state index contributed by atoms with van der Waals surface area (Å²) in [5, 5.41) is 6.30. The fourth-order valence-electron chi connectivity index (χ4n) is 1.21. The van der Waals surface area contributed by atoms with Gasteiger partial charge in [0.05, 0.1) is 9.83 Å². The first-order valence-electron chi connectivity index (χ1n) is 4.62. The van der Waals surface area contributed by atoms with Gasteiger partial charge in [-0.1, -0.05) is 0 Å². The van der Waals surface area contributed by atoms with Crippen LogP contribution in [-0.4, -0.2) is 23.6 Å². The van der Waals surface area contributed by atoms with Crippen LogP contribution in [0.25, 0.3) is 0 Å². The lowest BCUT2D eigenvalue weighted by Crippen LogP contribution is -2.26. The largest absolute Gasteiger partial charge is 0.262 e. The van der Waals surface area contributed by atoms with E-state index in [0.29, 0.717) is 5.82 Å². The second-order valence-electron chi connectivity index (χ2n) is 3.27.